The van der Waals surface area contributed by atoms with Crippen molar-refractivity contribution in [3.8, 4) is 11.3 Å². The summed E-state index contributed by atoms with van der Waals surface area (Å²) in [6, 6.07) is 5.98. The van der Waals surface area contributed by atoms with Crippen LogP contribution in [0.3, 0.4) is 0 Å². The molecule has 0 unspecified atom stereocenters. The third kappa shape index (κ3) is 2.64. The van der Waals surface area contributed by atoms with Gasteiger partial charge in [-0.2, -0.15) is 0 Å². The SMILES string of the molecule is O=C1Cc2ncc(-c3cc4cc[nH]c4nn3)cc2N1CC1CCOCC1. The van der Waals surface area contributed by atoms with Gasteiger partial charge in [-0.05, 0) is 37.0 Å². The molecule has 132 valence electrons. The number of nitrogens with zero attached hydrogens (tertiary/aromatic N) is 4. The molecule has 3 aromatic rings. The van der Waals surface area contributed by atoms with E-state index >= 15 is 0 Å². The molecule has 0 radical (unpaired) electrons. The van der Waals surface area contributed by atoms with Gasteiger partial charge in [-0.15, -0.1) is 10.2 Å². The van der Waals surface area contributed by atoms with Crippen molar-refractivity contribution in [2.75, 3.05) is 24.7 Å². The molecule has 7 heteroatoms. The van der Waals surface area contributed by atoms with Crippen molar-refractivity contribution in [1.82, 2.24) is 20.2 Å². The lowest BCUT2D eigenvalue weighted by Gasteiger charge is -2.27. The van der Waals surface area contributed by atoms with Gasteiger partial charge in [0.2, 0.25) is 5.91 Å². The third-order valence-corrected chi connectivity index (χ3v) is 5.24. The van der Waals surface area contributed by atoms with Crippen LogP contribution in [-0.4, -0.2) is 45.8 Å². The summed E-state index contributed by atoms with van der Waals surface area (Å²) in [7, 11) is 0. The molecular weight excluding hydrogens is 330 g/mol. The van der Waals surface area contributed by atoms with Crippen LogP contribution in [0.5, 0.6) is 0 Å². The summed E-state index contributed by atoms with van der Waals surface area (Å²) in [5.74, 6) is 0.613. The van der Waals surface area contributed by atoms with Gasteiger partial charge in [0.15, 0.2) is 5.65 Å². The molecule has 1 fully saturated rings. The number of carbonyl (C=O) groups is 1. The number of rotatable bonds is 3. The Bertz CT molecular complexity index is 977. The summed E-state index contributed by atoms with van der Waals surface area (Å²) >= 11 is 0. The topological polar surface area (TPSA) is 84.0 Å². The van der Waals surface area contributed by atoms with Crippen molar-refractivity contribution in [3.63, 3.8) is 0 Å². The van der Waals surface area contributed by atoms with E-state index in [1.165, 1.54) is 0 Å². The van der Waals surface area contributed by atoms with Crippen LogP contribution in [-0.2, 0) is 16.0 Å². The van der Waals surface area contributed by atoms with Crippen LogP contribution < -0.4 is 4.90 Å². The standard InChI is InChI=1S/C19H19N5O2/c25-18-9-16-17(24(18)11-12-2-5-26-6-3-12)8-14(10-21-16)15-7-13-1-4-20-19(13)23-22-15/h1,4,7-8,10,12H,2-3,5-6,9,11H2,(H,20,23). The second-order valence-corrected chi connectivity index (χ2v) is 6.94. The maximum Gasteiger partial charge on any atom is 0.233 e. The lowest BCUT2D eigenvalue weighted by atomic mass is 9.99. The molecule has 0 saturated carbocycles. The van der Waals surface area contributed by atoms with Crippen molar-refractivity contribution in [2.45, 2.75) is 19.3 Å². The summed E-state index contributed by atoms with van der Waals surface area (Å²) in [6.45, 7) is 2.30. The van der Waals surface area contributed by atoms with Gasteiger partial charge in [-0.3, -0.25) is 9.78 Å². The zero-order valence-corrected chi connectivity index (χ0v) is 14.3. The van der Waals surface area contributed by atoms with Crippen molar-refractivity contribution in [1.29, 1.82) is 0 Å². The first-order chi connectivity index (χ1) is 12.8. The number of anilines is 1. The van der Waals surface area contributed by atoms with E-state index in [4.69, 9.17) is 4.74 Å². The zero-order chi connectivity index (χ0) is 17.5. The maximum absolute atomic E-state index is 12.5. The van der Waals surface area contributed by atoms with Gasteiger partial charge in [0.1, 0.15) is 0 Å². The van der Waals surface area contributed by atoms with Crippen molar-refractivity contribution in [2.24, 2.45) is 5.92 Å². The number of pyridine rings is 1. The number of nitrogens with one attached hydrogen (secondary N) is 1. The molecule has 3 aromatic heterocycles. The Morgan fingerprint density at radius 3 is 3.00 bits per heavy atom. The van der Waals surface area contributed by atoms with Crippen LogP contribution in [0.25, 0.3) is 22.3 Å². The molecule has 0 aromatic carbocycles. The fraction of sp³-hybridized carbons (Fsp3) is 0.368. The number of H-pyrrole nitrogens is 1. The van der Waals surface area contributed by atoms with E-state index in [9.17, 15) is 4.79 Å². The summed E-state index contributed by atoms with van der Waals surface area (Å²) in [5, 5.41) is 9.51. The Balaban J connectivity index is 1.48. The predicted molar refractivity (Wildman–Crippen MR) is 96.7 cm³/mol. The number of hydrogen-bond acceptors (Lipinski definition) is 5. The lowest BCUT2D eigenvalue weighted by molar-refractivity contribution is -0.117. The van der Waals surface area contributed by atoms with Gasteiger partial charge in [0.05, 0.1) is 23.5 Å². The summed E-state index contributed by atoms with van der Waals surface area (Å²) < 4.78 is 5.43. The van der Waals surface area contributed by atoms with E-state index in [1.807, 2.05) is 29.3 Å². The quantitative estimate of drug-likeness (QED) is 0.784. The van der Waals surface area contributed by atoms with Gasteiger partial charge < -0.3 is 14.6 Å². The molecule has 2 aliphatic heterocycles. The fourth-order valence-corrected chi connectivity index (χ4v) is 3.75. The third-order valence-electron chi connectivity index (χ3n) is 5.24. The number of aromatic nitrogens is 4. The molecule has 7 nitrogen and oxygen atoms in total. The minimum atomic E-state index is 0.128. The molecule has 2 aliphatic rings. The molecule has 1 N–H and O–H groups in total. The highest BCUT2D eigenvalue weighted by molar-refractivity contribution is 6.01. The van der Waals surface area contributed by atoms with Crippen LogP contribution in [0, 0.1) is 5.92 Å². The van der Waals surface area contributed by atoms with E-state index in [0.717, 1.165) is 66.3 Å². The smallest absolute Gasteiger partial charge is 0.233 e. The number of carbonyl (C=O) groups excluding carboxylic acids is 1. The zero-order valence-electron chi connectivity index (χ0n) is 14.3. The average molecular weight is 349 g/mol. The van der Waals surface area contributed by atoms with Gasteiger partial charge in [0, 0.05) is 43.1 Å². The highest BCUT2D eigenvalue weighted by Crippen LogP contribution is 2.33. The highest BCUT2D eigenvalue weighted by atomic mass is 16.5. The summed E-state index contributed by atoms with van der Waals surface area (Å²) in [6.07, 6.45) is 6.01. The Kier molecular flexibility index (Phi) is 3.67. The first-order valence-corrected chi connectivity index (χ1v) is 8.96. The molecular formula is C19H19N5O2. The van der Waals surface area contributed by atoms with E-state index in [-0.39, 0.29) is 5.91 Å². The van der Waals surface area contributed by atoms with Crippen LogP contribution in [0.1, 0.15) is 18.5 Å². The van der Waals surface area contributed by atoms with Crippen molar-refractivity contribution in [3.05, 3.63) is 36.3 Å². The monoisotopic (exact) mass is 349 g/mol. The molecule has 26 heavy (non-hydrogen) atoms. The second kappa shape index (κ2) is 6.17. The molecule has 0 bridgehead atoms. The Labute approximate surface area is 150 Å². The minimum absolute atomic E-state index is 0.128. The molecule has 0 aliphatic carbocycles. The van der Waals surface area contributed by atoms with Crippen molar-refractivity contribution < 1.29 is 9.53 Å². The second-order valence-electron chi connectivity index (χ2n) is 6.94. The highest BCUT2D eigenvalue weighted by Gasteiger charge is 2.31. The normalized spacial score (nSPS) is 17.8. The number of fused-ring (bicyclic) bond motifs is 2. The Hall–Kier alpha value is -2.80. The molecule has 0 spiro atoms. The van der Waals surface area contributed by atoms with E-state index in [1.54, 1.807) is 6.20 Å². The maximum atomic E-state index is 12.5. The number of amides is 1. The summed E-state index contributed by atoms with van der Waals surface area (Å²) in [4.78, 5) is 22.0. The van der Waals surface area contributed by atoms with Gasteiger partial charge >= 0.3 is 0 Å². The van der Waals surface area contributed by atoms with E-state index in [0.29, 0.717) is 12.3 Å². The van der Waals surface area contributed by atoms with Crippen LogP contribution in [0.4, 0.5) is 5.69 Å². The number of hydrogen-bond donors (Lipinski definition) is 1. The van der Waals surface area contributed by atoms with E-state index < -0.39 is 0 Å². The number of aromatic amines is 1. The molecule has 1 saturated heterocycles. The molecule has 5 rings (SSSR count). The predicted octanol–water partition coefficient (Wildman–Crippen LogP) is 2.34. The van der Waals surface area contributed by atoms with Crippen LogP contribution in [0.15, 0.2) is 30.6 Å². The van der Waals surface area contributed by atoms with Crippen molar-refractivity contribution >= 4 is 22.6 Å². The first-order valence-electron chi connectivity index (χ1n) is 8.96. The number of ether oxygens (including phenoxy) is 1. The minimum Gasteiger partial charge on any atom is -0.381 e. The molecule has 0 atom stereocenters. The fourth-order valence-electron chi connectivity index (χ4n) is 3.75. The largest absolute Gasteiger partial charge is 0.381 e. The van der Waals surface area contributed by atoms with Gasteiger partial charge in [0.25, 0.3) is 0 Å². The first kappa shape index (κ1) is 15.5. The lowest BCUT2D eigenvalue weighted by Crippen LogP contribution is -2.34. The van der Waals surface area contributed by atoms with Gasteiger partial charge in [-0.1, -0.05) is 0 Å². The van der Waals surface area contributed by atoms with Crippen LogP contribution >= 0.6 is 0 Å². The van der Waals surface area contributed by atoms with Gasteiger partial charge in [-0.25, -0.2) is 0 Å². The molecule has 1 amide bonds. The Morgan fingerprint density at radius 1 is 1.23 bits per heavy atom. The average Bonchev–Trinajstić information content (AvgIpc) is 3.26. The van der Waals surface area contributed by atoms with E-state index in [2.05, 4.69) is 20.2 Å². The summed E-state index contributed by atoms with van der Waals surface area (Å²) in [5.41, 5.74) is 4.17. The van der Waals surface area contributed by atoms with Crippen LogP contribution in [0.2, 0.25) is 0 Å². The molecule has 5 heterocycles. The Morgan fingerprint density at radius 2 is 2.12 bits per heavy atom.